The third kappa shape index (κ3) is 8.26. The molecule has 0 spiro atoms. The normalized spacial score (nSPS) is 20.8. The molecule has 4 aromatic carbocycles. The van der Waals surface area contributed by atoms with E-state index in [-0.39, 0.29) is 24.4 Å². The highest BCUT2D eigenvalue weighted by molar-refractivity contribution is 5.82. The first-order chi connectivity index (χ1) is 29.5. The van der Waals surface area contributed by atoms with Crippen LogP contribution in [0, 0.1) is 11.7 Å². The molecule has 1 aliphatic carbocycles. The molecule has 9 heteroatoms. The van der Waals surface area contributed by atoms with Gasteiger partial charge in [0, 0.05) is 37.1 Å². The molecular weight excluding hydrogens is 756 g/mol. The van der Waals surface area contributed by atoms with Crippen molar-refractivity contribution in [2.45, 2.75) is 75.4 Å². The summed E-state index contributed by atoms with van der Waals surface area (Å²) < 4.78 is 49.5. The number of rotatable bonds is 13. The maximum atomic E-state index is 16.2. The number of carbonyl (C=O) groups excluding carboxylic acids is 1. The van der Waals surface area contributed by atoms with Crippen LogP contribution in [-0.2, 0) is 29.3 Å². The Kier molecular flexibility index (Phi) is 11.9. The van der Waals surface area contributed by atoms with Crippen molar-refractivity contribution in [3.8, 4) is 17.1 Å². The molecule has 0 bridgehead atoms. The van der Waals surface area contributed by atoms with E-state index < -0.39 is 11.4 Å². The van der Waals surface area contributed by atoms with Crippen molar-refractivity contribution >= 4 is 22.6 Å². The minimum absolute atomic E-state index is 0.163. The first kappa shape index (κ1) is 39.8. The molecule has 6 aromatic rings. The quantitative estimate of drug-likeness (QED) is 0.0849. The summed E-state index contributed by atoms with van der Waals surface area (Å²) in [6.07, 6.45) is 7.94. The third-order valence-electron chi connectivity index (χ3n) is 12.3. The number of methoxy groups -OCH3 is 1. The van der Waals surface area contributed by atoms with Gasteiger partial charge < -0.3 is 23.7 Å². The minimum Gasteiger partial charge on any atom is -0.473 e. The fourth-order valence-corrected chi connectivity index (χ4v) is 9.14. The molecule has 2 aromatic heterocycles. The monoisotopic (exact) mass is 806 g/mol. The van der Waals surface area contributed by atoms with E-state index in [1.165, 1.54) is 12.7 Å². The van der Waals surface area contributed by atoms with Gasteiger partial charge in [-0.1, -0.05) is 121 Å². The van der Waals surface area contributed by atoms with Crippen molar-refractivity contribution in [1.82, 2.24) is 9.55 Å². The highest BCUT2D eigenvalue weighted by atomic mass is 19.1. The molecule has 3 aliphatic rings. The van der Waals surface area contributed by atoms with Crippen molar-refractivity contribution in [3.63, 3.8) is 0 Å². The van der Waals surface area contributed by atoms with Crippen LogP contribution in [0.4, 0.5) is 4.39 Å². The number of halogens is 1. The molecule has 2 saturated heterocycles. The molecule has 8 nitrogen and oxygen atoms in total. The first-order valence-electron chi connectivity index (χ1n) is 21.3. The molecule has 9 rings (SSSR count). The Morgan fingerprint density at radius 2 is 1.50 bits per heavy atom. The molecule has 2 unspecified atom stereocenters. The fourth-order valence-electron chi connectivity index (χ4n) is 9.14. The highest BCUT2D eigenvalue weighted by Gasteiger charge is 2.40. The van der Waals surface area contributed by atoms with Gasteiger partial charge in [0.15, 0.2) is 11.7 Å². The van der Waals surface area contributed by atoms with Gasteiger partial charge in [-0.25, -0.2) is 9.37 Å². The van der Waals surface area contributed by atoms with E-state index in [9.17, 15) is 4.79 Å². The number of ether oxygens (including phenoxy) is 5. The van der Waals surface area contributed by atoms with Gasteiger partial charge in [-0.3, -0.25) is 9.36 Å². The van der Waals surface area contributed by atoms with Crippen LogP contribution < -0.4 is 4.74 Å². The average molecular weight is 807 g/mol. The number of hydrogen-bond acceptors (Lipinski definition) is 7. The number of esters is 1. The fraction of sp³-hybridized carbons (Fsp3) is 0.333. The molecule has 0 amide bonds. The Morgan fingerprint density at radius 1 is 0.833 bits per heavy atom. The van der Waals surface area contributed by atoms with E-state index in [1.54, 1.807) is 6.07 Å². The van der Waals surface area contributed by atoms with Crippen LogP contribution in [0.15, 0.2) is 133 Å². The summed E-state index contributed by atoms with van der Waals surface area (Å²) in [7, 11) is 1.43. The lowest BCUT2D eigenvalue weighted by Gasteiger charge is -2.36. The zero-order valence-corrected chi connectivity index (χ0v) is 34.0. The van der Waals surface area contributed by atoms with Crippen LogP contribution in [0.2, 0.25) is 0 Å². The third-order valence-corrected chi connectivity index (χ3v) is 12.3. The van der Waals surface area contributed by atoms with E-state index in [0.29, 0.717) is 66.8 Å². The largest absolute Gasteiger partial charge is 0.473 e. The number of pyridine rings is 1. The molecule has 4 atom stereocenters. The van der Waals surface area contributed by atoms with Crippen LogP contribution in [0.3, 0.4) is 0 Å². The Labute approximate surface area is 350 Å². The summed E-state index contributed by atoms with van der Waals surface area (Å²) in [5.41, 5.74) is 6.87. The Bertz CT molecular complexity index is 2310. The number of benzene rings is 4. The smallest absolute Gasteiger partial charge is 0.305 e. The van der Waals surface area contributed by atoms with E-state index in [2.05, 4.69) is 42.5 Å². The predicted octanol–water partition coefficient (Wildman–Crippen LogP) is 10.8. The Balaban J connectivity index is 0.948. The standard InChI is InChI=1S/C51H51FN2O6/c1-56-49(55)29-35-20-22-36(23-21-35)37-24-26-38(27-25-37)50-44(52)31-46-45(53-50)32-48(54(46)47-19-11-12-28-57-47)60-43-30-42(58-33-43)34-59-51(39-13-5-2-6-14-39,40-15-7-3-8-16-40)41-17-9-4-10-18-41/h2-10,13-18,22,24-27,31-32,35,42-43,47H,11-12,19-21,23,28-30,33-34H2,1H3/t35?,42-,43-,47?/m0/s1. The van der Waals surface area contributed by atoms with Crippen LogP contribution in [0.1, 0.15) is 79.8 Å². The molecule has 2 aliphatic heterocycles. The molecule has 0 N–H and O–H groups in total. The van der Waals surface area contributed by atoms with Crippen LogP contribution in [-0.4, -0.2) is 54.7 Å². The zero-order valence-electron chi connectivity index (χ0n) is 34.0. The van der Waals surface area contributed by atoms with Gasteiger partial charge in [-0.05, 0) is 72.3 Å². The van der Waals surface area contributed by atoms with Gasteiger partial charge in [-0.2, -0.15) is 0 Å². The van der Waals surface area contributed by atoms with E-state index in [0.717, 1.165) is 60.8 Å². The van der Waals surface area contributed by atoms with Crippen molar-refractivity contribution in [2.24, 2.45) is 5.92 Å². The maximum Gasteiger partial charge on any atom is 0.305 e. The Hall–Kier alpha value is -5.61. The topological polar surface area (TPSA) is 81.0 Å². The SMILES string of the molecule is COC(=O)CC1CC=C(c2ccc(-c3nc4cc(O[C@@H]5CO[C@H](COC(c6ccccc6)(c6ccccc6)c6ccccc6)C5)n(C5CCCCO5)c4cc3F)cc2)CC1. The summed E-state index contributed by atoms with van der Waals surface area (Å²) in [4.78, 5) is 16.7. The minimum atomic E-state index is -0.853. The summed E-state index contributed by atoms with van der Waals surface area (Å²) in [5.74, 6) is 0.324. The van der Waals surface area contributed by atoms with Gasteiger partial charge in [0.2, 0.25) is 0 Å². The molecular formula is C51H51FN2O6. The van der Waals surface area contributed by atoms with Gasteiger partial charge in [0.05, 0.1) is 37.5 Å². The number of fused-ring (bicyclic) bond motifs is 1. The van der Waals surface area contributed by atoms with E-state index in [4.69, 9.17) is 28.7 Å². The number of allylic oxidation sites excluding steroid dienone is 2. The lowest BCUT2D eigenvalue weighted by atomic mass is 9.80. The second-order valence-corrected chi connectivity index (χ2v) is 16.1. The number of nitrogens with zero attached hydrogens (tertiary/aromatic N) is 2. The van der Waals surface area contributed by atoms with Crippen molar-refractivity contribution in [2.75, 3.05) is 26.9 Å². The summed E-state index contributed by atoms with van der Waals surface area (Å²) in [5, 5.41) is 0. The number of hydrogen-bond donors (Lipinski definition) is 0. The molecule has 60 heavy (non-hydrogen) atoms. The molecule has 0 radical (unpaired) electrons. The first-order valence-corrected chi connectivity index (χ1v) is 21.3. The lowest BCUT2D eigenvalue weighted by molar-refractivity contribution is -0.141. The number of carbonyl (C=O) groups is 1. The molecule has 2 fully saturated rings. The average Bonchev–Trinajstić information content (AvgIpc) is 3.91. The summed E-state index contributed by atoms with van der Waals surface area (Å²) >= 11 is 0. The second kappa shape index (κ2) is 17.9. The van der Waals surface area contributed by atoms with Gasteiger partial charge in [0.1, 0.15) is 23.6 Å². The van der Waals surface area contributed by atoms with E-state index in [1.807, 2.05) is 89.5 Å². The van der Waals surface area contributed by atoms with Crippen molar-refractivity contribution in [1.29, 1.82) is 0 Å². The Morgan fingerprint density at radius 3 is 2.10 bits per heavy atom. The highest BCUT2D eigenvalue weighted by Crippen LogP contribution is 2.42. The van der Waals surface area contributed by atoms with Gasteiger partial charge >= 0.3 is 5.97 Å². The van der Waals surface area contributed by atoms with Crippen LogP contribution in [0.5, 0.6) is 5.88 Å². The van der Waals surface area contributed by atoms with Crippen LogP contribution >= 0.6 is 0 Å². The molecule has 4 heterocycles. The predicted molar refractivity (Wildman–Crippen MR) is 230 cm³/mol. The maximum absolute atomic E-state index is 16.2. The van der Waals surface area contributed by atoms with Crippen LogP contribution in [0.25, 0.3) is 27.9 Å². The lowest BCUT2D eigenvalue weighted by Crippen LogP contribution is -2.35. The van der Waals surface area contributed by atoms with Crippen molar-refractivity contribution in [3.05, 3.63) is 162 Å². The van der Waals surface area contributed by atoms with Gasteiger partial charge in [0.25, 0.3) is 0 Å². The second-order valence-electron chi connectivity index (χ2n) is 16.1. The number of aromatic nitrogens is 2. The van der Waals surface area contributed by atoms with Crippen molar-refractivity contribution < 1.29 is 32.9 Å². The zero-order chi connectivity index (χ0) is 40.9. The van der Waals surface area contributed by atoms with Gasteiger partial charge in [-0.15, -0.1) is 0 Å². The summed E-state index contributed by atoms with van der Waals surface area (Å²) in [6.45, 7) is 1.36. The summed E-state index contributed by atoms with van der Waals surface area (Å²) in [6, 6.07) is 42.5. The van der Waals surface area contributed by atoms with E-state index >= 15 is 4.39 Å². The molecule has 0 saturated carbocycles. The molecule has 308 valence electrons.